The van der Waals surface area contributed by atoms with E-state index in [1.807, 2.05) is 0 Å². The number of alkyl halides is 3. The molecule has 0 aliphatic rings. The molecule has 0 saturated carbocycles. The minimum atomic E-state index is -4.46. The van der Waals surface area contributed by atoms with Gasteiger partial charge in [0.15, 0.2) is 0 Å². The lowest BCUT2D eigenvalue weighted by Crippen LogP contribution is -2.25. The number of nitrogens with zero attached hydrogens (tertiary/aromatic N) is 3. The predicted octanol–water partition coefficient (Wildman–Crippen LogP) is 6.95. The van der Waals surface area contributed by atoms with Crippen molar-refractivity contribution in [1.82, 2.24) is 14.5 Å². The molecule has 9 heteroatoms. The lowest BCUT2D eigenvalue weighted by atomic mass is 9.98. The molecule has 0 atom stereocenters. The van der Waals surface area contributed by atoms with Crippen LogP contribution in [0.1, 0.15) is 11.1 Å². The second-order valence-electron chi connectivity index (χ2n) is 8.86. The van der Waals surface area contributed by atoms with Crippen LogP contribution in [0, 0.1) is 5.82 Å². The Hall–Kier alpha value is -4.79. The highest BCUT2D eigenvalue weighted by atomic mass is 19.4. The molecule has 39 heavy (non-hydrogen) atoms. The molecule has 0 bridgehead atoms. The molecule has 0 aliphatic heterocycles. The largest absolute Gasteiger partial charge is 0.416 e. The average molecular weight is 531 g/mol. The fourth-order valence-electron chi connectivity index (χ4n) is 4.35. The average Bonchev–Trinajstić information content (AvgIpc) is 2.94. The van der Waals surface area contributed by atoms with Gasteiger partial charge in [-0.05, 0) is 58.7 Å². The molecule has 0 spiro atoms. The van der Waals surface area contributed by atoms with Gasteiger partial charge in [0.05, 0.1) is 16.8 Å². The Morgan fingerprint density at radius 1 is 0.846 bits per heavy atom. The Bertz CT molecular complexity index is 1680. The monoisotopic (exact) mass is 530 g/mol. The summed E-state index contributed by atoms with van der Waals surface area (Å²) in [6, 6.07) is 21.3. The first-order chi connectivity index (χ1) is 18.7. The normalized spacial score (nSPS) is 11.4. The van der Waals surface area contributed by atoms with Crippen LogP contribution in [0.3, 0.4) is 0 Å². The zero-order valence-electron chi connectivity index (χ0n) is 20.7. The Morgan fingerprint density at radius 2 is 1.56 bits per heavy atom. The molecule has 0 amide bonds. The van der Waals surface area contributed by atoms with Gasteiger partial charge in [0.1, 0.15) is 5.82 Å². The van der Waals surface area contributed by atoms with Crippen molar-refractivity contribution in [3.8, 4) is 33.5 Å². The molecule has 2 aromatic heterocycles. The Kier molecular flexibility index (Phi) is 6.98. The molecule has 196 valence electrons. The Labute approximate surface area is 221 Å². The molecule has 0 saturated heterocycles. The summed E-state index contributed by atoms with van der Waals surface area (Å²) in [6.45, 7) is 0.193. The van der Waals surface area contributed by atoms with Gasteiger partial charge in [0, 0.05) is 31.5 Å². The zero-order chi connectivity index (χ0) is 27.6. The van der Waals surface area contributed by atoms with E-state index in [-0.39, 0.29) is 18.1 Å². The second-order valence-corrected chi connectivity index (χ2v) is 8.86. The van der Waals surface area contributed by atoms with E-state index in [1.54, 1.807) is 61.9 Å². The maximum atomic E-state index is 13.6. The number of nitrogens with one attached hydrogen (secondary N) is 1. The molecule has 3 aromatic carbocycles. The van der Waals surface area contributed by atoms with Gasteiger partial charge in [-0.1, -0.05) is 48.5 Å². The third-order valence-electron chi connectivity index (χ3n) is 6.33. The Morgan fingerprint density at radius 3 is 2.28 bits per heavy atom. The summed E-state index contributed by atoms with van der Waals surface area (Å²) < 4.78 is 54.9. The maximum absolute atomic E-state index is 13.6. The van der Waals surface area contributed by atoms with E-state index in [2.05, 4.69) is 10.3 Å². The molecule has 1 N–H and O–H groups in total. The first-order valence-corrected chi connectivity index (χ1v) is 12.0. The van der Waals surface area contributed by atoms with E-state index < -0.39 is 17.6 Å². The summed E-state index contributed by atoms with van der Waals surface area (Å²) >= 11 is 0. The summed E-state index contributed by atoms with van der Waals surface area (Å²) in [5.41, 5.74) is 2.54. The highest BCUT2D eigenvalue weighted by Crippen LogP contribution is 2.34. The molecule has 0 unspecified atom stereocenters. The predicted molar refractivity (Wildman–Crippen MR) is 142 cm³/mol. The number of halogens is 4. The van der Waals surface area contributed by atoms with Crippen LogP contribution in [0.5, 0.6) is 0 Å². The van der Waals surface area contributed by atoms with Crippen LogP contribution in [0.15, 0.2) is 102 Å². The number of hydrogen-bond donors (Lipinski definition) is 1. The molecule has 0 radical (unpaired) electrons. The van der Waals surface area contributed by atoms with E-state index in [0.29, 0.717) is 33.5 Å². The summed E-state index contributed by atoms with van der Waals surface area (Å²) in [6.07, 6.45) is -1.29. The minimum absolute atomic E-state index is 0.193. The van der Waals surface area contributed by atoms with Crippen molar-refractivity contribution in [2.24, 2.45) is 7.05 Å². The van der Waals surface area contributed by atoms with Crippen LogP contribution in [0.2, 0.25) is 0 Å². The van der Waals surface area contributed by atoms with E-state index in [0.717, 1.165) is 17.7 Å². The Balaban J connectivity index is 1.55. The number of hydrogen-bond acceptors (Lipinski definition) is 4. The van der Waals surface area contributed by atoms with Crippen molar-refractivity contribution in [3.63, 3.8) is 0 Å². The quantitative estimate of drug-likeness (QED) is 0.242. The molecule has 5 nitrogen and oxygen atoms in total. The van der Waals surface area contributed by atoms with Gasteiger partial charge in [-0.15, -0.1) is 0 Å². The number of aromatic nitrogens is 3. The first kappa shape index (κ1) is 25.8. The van der Waals surface area contributed by atoms with E-state index in [1.165, 1.54) is 34.9 Å². The van der Waals surface area contributed by atoms with Gasteiger partial charge in [-0.25, -0.2) is 9.37 Å². The highest BCUT2D eigenvalue weighted by Gasteiger charge is 2.30. The molecule has 0 aliphatic carbocycles. The SMILES string of the molecule is Cn1c(NCc2ccccc2-c2cccc(C(F)(F)F)c2)nc(-c2ccncc2)c(-c2ccc(F)cc2)c1=O. The van der Waals surface area contributed by atoms with Gasteiger partial charge < -0.3 is 5.32 Å². The van der Waals surface area contributed by atoms with Gasteiger partial charge in [0.25, 0.3) is 5.56 Å². The maximum Gasteiger partial charge on any atom is 0.416 e. The number of anilines is 1. The van der Waals surface area contributed by atoms with Crippen molar-refractivity contribution in [1.29, 1.82) is 0 Å². The van der Waals surface area contributed by atoms with Crippen LogP contribution in [0.4, 0.5) is 23.5 Å². The van der Waals surface area contributed by atoms with Gasteiger partial charge >= 0.3 is 6.18 Å². The summed E-state index contributed by atoms with van der Waals surface area (Å²) in [7, 11) is 1.57. The standard InChI is InChI=1S/C30H22F4N4O/c1-38-28(39)26(19-9-11-24(31)12-10-19)27(20-13-15-35-16-14-20)37-29(38)36-18-22-5-2-3-8-25(22)21-6-4-7-23(17-21)30(32,33)34/h2-17H,18H2,1H3,(H,36,37). The van der Waals surface area contributed by atoms with Gasteiger partial charge in [-0.2, -0.15) is 13.2 Å². The van der Waals surface area contributed by atoms with E-state index >= 15 is 0 Å². The van der Waals surface area contributed by atoms with Crippen LogP contribution in [-0.2, 0) is 19.8 Å². The van der Waals surface area contributed by atoms with E-state index in [4.69, 9.17) is 4.98 Å². The van der Waals surface area contributed by atoms with Gasteiger partial charge in [0.2, 0.25) is 5.95 Å². The van der Waals surface area contributed by atoms with Crippen LogP contribution in [0.25, 0.3) is 33.5 Å². The van der Waals surface area contributed by atoms with Crippen LogP contribution in [-0.4, -0.2) is 14.5 Å². The fraction of sp³-hybridized carbons (Fsp3) is 0.100. The molecule has 2 heterocycles. The summed E-state index contributed by atoms with van der Waals surface area (Å²) in [5, 5.41) is 3.18. The smallest absolute Gasteiger partial charge is 0.351 e. The first-order valence-electron chi connectivity index (χ1n) is 12.0. The van der Waals surface area contributed by atoms with Crippen LogP contribution >= 0.6 is 0 Å². The minimum Gasteiger partial charge on any atom is -0.351 e. The highest BCUT2D eigenvalue weighted by molar-refractivity contribution is 5.80. The summed E-state index contributed by atoms with van der Waals surface area (Å²) in [4.78, 5) is 22.4. The zero-order valence-corrected chi connectivity index (χ0v) is 20.7. The third kappa shape index (κ3) is 5.43. The second kappa shape index (κ2) is 10.5. The van der Waals surface area contributed by atoms with Crippen molar-refractivity contribution < 1.29 is 17.6 Å². The molecular formula is C30H22F4N4O. The lowest BCUT2D eigenvalue weighted by molar-refractivity contribution is -0.137. The van der Waals surface area contributed by atoms with E-state index in [9.17, 15) is 22.4 Å². The molecule has 0 fully saturated rings. The molecular weight excluding hydrogens is 508 g/mol. The van der Waals surface area contributed by atoms with Crippen molar-refractivity contribution in [2.45, 2.75) is 12.7 Å². The molecule has 5 aromatic rings. The fourth-order valence-corrected chi connectivity index (χ4v) is 4.35. The van der Waals surface area contributed by atoms with Crippen LogP contribution < -0.4 is 10.9 Å². The third-order valence-corrected chi connectivity index (χ3v) is 6.33. The van der Waals surface area contributed by atoms with Crippen molar-refractivity contribution in [3.05, 3.63) is 125 Å². The van der Waals surface area contributed by atoms with Crippen molar-refractivity contribution >= 4 is 5.95 Å². The lowest BCUT2D eigenvalue weighted by Gasteiger charge is -2.17. The number of rotatable bonds is 6. The van der Waals surface area contributed by atoms with Crippen molar-refractivity contribution in [2.75, 3.05) is 5.32 Å². The number of pyridine rings is 1. The number of benzene rings is 3. The summed E-state index contributed by atoms with van der Waals surface area (Å²) in [5.74, 6) is -0.164. The molecule has 5 rings (SSSR count). The topological polar surface area (TPSA) is 59.8 Å². The van der Waals surface area contributed by atoms with Gasteiger partial charge in [-0.3, -0.25) is 14.3 Å².